The number of fused-ring (bicyclic) bond motifs is 1. The maximum Gasteiger partial charge on any atom is 0.287 e. The smallest absolute Gasteiger partial charge is 0.287 e. The lowest BCUT2D eigenvalue weighted by Crippen LogP contribution is -2.12. The van der Waals surface area contributed by atoms with Gasteiger partial charge in [0.25, 0.3) is 5.56 Å². The van der Waals surface area contributed by atoms with Crippen LogP contribution in [-0.4, -0.2) is 9.56 Å². The van der Waals surface area contributed by atoms with Crippen molar-refractivity contribution < 1.29 is 4.52 Å². The average molecular weight is 199 g/mol. The summed E-state index contributed by atoms with van der Waals surface area (Å²) in [6.07, 6.45) is 0. The summed E-state index contributed by atoms with van der Waals surface area (Å²) < 4.78 is 6.24. The maximum atomic E-state index is 11.3. The van der Waals surface area contributed by atoms with E-state index in [4.69, 9.17) is 16.1 Å². The second-order valence-electron chi connectivity index (χ2n) is 2.72. The molecule has 68 valence electrons. The molecule has 4 nitrogen and oxygen atoms in total. The molecule has 0 unspecified atom stereocenters. The number of alkyl halides is 1. The van der Waals surface area contributed by atoms with Gasteiger partial charge in [-0.15, -0.1) is 16.2 Å². The van der Waals surface area contributed by atoms with Crippen LogP contribution in [0.1, 0.15) is 11.5 Å². The molecule has 0 radical (unpaired) electrons. The number of hydrogen-bond donors (Lipinski definition) is 0. The molecule has 0 atom stereocenters. The average Bonchev–Trinajstić information content (AvgIpc) is 2.46. The Morgan fingerprint density at radius 2 is 2.38 bits per heavy atom. The molecule has 2 aromatic rings. The summed E-state index contributed by atoms with van der Waals surface area (Å²) in [5.74, 6) is 0.881. The highest BCUT2D eigenvalue weighted by molar-refractivity contribution is 6.16. The van der Waals surface area contributed by atoms with Crippen LogP contribution in [0.5, 0.6) is 0 Å². The molecule has 0 amide bonds. The second-order valence-corrected chi connectivity index (χ2v) is 2.99. The summed E-state index contributed by atoms with van der Waals surface area (Å²) >= 11 is 5.56. The molecule has 0 spiro atoms. The van der Waals surface area contributed by atoms with E-state index in [1.807, 2.05) is 0 Å². The van der Waals surface area contributed by atoms with E-state index in [0.29, 0.717) is 17.1 Å². The summed E-state index contributed by atoms with van der Waals surface area (Å²) in [6.45, 7) is 1.76. The SMILES string of the molecule is Cc1cc2nc(CCl)cc(=O)n2o1. The minimum atomic E-state index is -0.242. The van der Waals surface area contributed by atoms with Crippen LogP contribution >= 0.6 is 11.6 Å². The van der Waals surface area contributed by atoms with Crippen molar-refractivity contribution in [2.24, 2.45) is 0 Å². The number of aryl methyl sites for hydroxylation is 1. The van der Waals surface area contributed by atoms with Gasteiger partial charge in [0.1, 0.15) is 5.76 Å². The first kappa shape index (κ1) is 8.31. The third kappa shape index (κ3) is 1.33. The first-order valence-electron chi connectivity index (χ1n) is 3.76. The maximum absolute atomic E-state index is 11.3. The Morgan fingerprint density at radius 3 is 3.08 bits per heavy atom. The van der Waals surface area contributed by atoms with Gasteiger partial charge in [-0.05, 0) is 6.92 Å². The van der Waals surface area contributed by atoms with Crippen molar-refractivity contribution in [2.45, 2.75) is 12.8 Å². The quantitative estimate of drug-likeness (QED) is 0.650. The molecule has 0 aromatic carbocycles. The predicted molar refractivity (Wildman–Crippen MR) is 48.0 cm³/mol. The zero-order chi connectivity index (χ0) is 9.42. The standard InChI is InChI=1S/C8H7ClN2O2/c1-5-2-7-10-6(4-9)3-8(12)11(7)13-5/h2-3H,4H2,1H3. The molecular weight excluding hydrogens is 192 g/mol. The van der Waals surface area contributed by atoms with Gasteiger partial charge >= 0.3 is 0 Å². The molecule has 2 heterocycles. The van der Waals surface area contributed by atoms with Crippen LogP contribution in [-0.2, 0) is 5.88 Å². The van der Waals surface area contributed by atoms with Crippen LogP contribution in [0.25, 0.3) is 5.65 Å². The molecule has 0 aliphatic carbocycles. The van der Waals surface area contributed by atoms with Gasteiger partial charge in [0.05, 0.1) is 11.6 Å². The first-order chi connectivity index (χ1) is 6.20. The van der Waals surface area contributed by atoms with E-state index in [2.05, 4.69) is 4.98 Å². The summed E-state index contributed by atoms with van der Waals surface area (Å²) in [6, 6.07) is 3.06. The van der Waals surface area contributed by atoms with Crippen LogP contribution in [0.2, 0.25) is 0 Å². The molecule has 0 saturated carbocycles. The predicted octanol–water partition coefficient (Wildman–Crippen LogP) is 1.33. The Hall–Kier alpha value is -1.29. The topological polar surface area (TPSA) is 47.5 Å². The van der Waals surface area contributed by atoms with E-state index in [1.165, 1.54) is 6.07 Å². The minimum absolute atomic E-state index is 0.232. The lowest BCUT2D eigenvalue weighted by atomic mass is 10.4. The Bertz CT molecular complexity index is 500. The molecule has 0 aliphatic heterocycles. The van der Waals surface area contributed by atoms with Crippen molar-refractivity contribution in [2.75, 3.05) is 0 Å². The fourth-order valence-corrected chi connectivity index (χ4v) is 1.28. The van der Waals surface area contributed by atoms with Gasteiger partial charge in [-0.25, -0.2) is 4.98 Å². The summed E-state index contributed by atoms with van der Waals surface area (Å²) in [5, 5.41) is 0. The largest absolute Gasteiger partial charge is 0.375 e. The Labute approximate surface area is 78.7 Å². The summed E-state index contributed by atoms with van der Waals surface area (Å²) in [4.78, 5) is 15.5. The highest BCUT2D eigenvalue weighted by Crippen LogP contribution is 2.05. The van der Waals surface area contributed by atoms with Crippen LogP contribution in [0.15, 0.2) is 21.5 Å². The van der Waals surface area contributed by atoms with Gasteiger partial charge < -0.3 is 4.52 Å². The van der Waals surface area contributed by atoms with Crippen LogP contribution < -0.4 is 5.56 Å². The molecule has 2 aromatic heterocycles. The fourth-order valence-electron chi connectivity index (χ4n) is 1.14. The lowest BCUT2D eigenvalue weighted by molar-refractivity contribution is 0.344. The van der Waals surface area contributed by atoms with Crippen molar-refractivity contribution in [1.82, 2.24) is 9.56 Å². The van der Waals surface area contributed by atoms with Crippen molar-refractivity contribution in [1.29, 1.82) is 0 Å². The second kappa shape index (κ2) is 2.88. The highest BCUT2D eigenvalue weighted by Gasteiger charge is 2.04. The molecule has 0 aliphatic rings. The minimum Gasteiger partial charge on any atom is -0.375 e. The van der Waals surface area contributed by atoms with Crippen molar-refractivity contribution in [3.8, 4) is 0 Å². The van der Waals surface area contributed by atoms with Crippen molar-refractivity contribution >= 4 is 17.2 Å². The van der Waals surface area contributed by atoms with Gasteiger partial charge in [-0.3, -0.25) is 4.79 Å². The van der Waals surface area contributed by atoms with E-state index in [-0.39, 0.29) is 11.4 Å². The molecule has 5 heteroatoms. The Balaban J connectivity index is 2.83. The third-order valence-corrected chi connectivity index (χ3v) is 1.93. The van der Waals surface area contributed by atoms with Crippen molar-refractivity contribution in [3.63, 3.8) is 0 Å². The van der Waals surface area contributed by atoms with Crippen LogP contribution in [0.3, 0.4) is 0 Å². The van der Waals surface area contributed by atoms with E-state index < -0.39 is 0 Å². The molecule has 0 N–H and O–H groups in total. The van der Waals surface area contributed by atoms with Crippen LogP contribution in [0.4, 0.5) is 0 Å². The van der Waals surface area contributed by atoms with Gasteiger partial charge in [0.15, 0.2) is 5.65 Å². The molecule has 13 heavy (non-hydrogen) atoms. The number of halogens is 1. The molecule has 0 fully saturated rings. The monoisotopic (exact) mass is 198 g/mol. The molecule has 2 rings (SSSR count). The van der Waals surface area contributed by atoms with E-state index in [9.17, 15) is 4.79 Å². The molecule has 0 saturated heterocycles. The highest BCUT2D eigenvalue weighted by atomic mass is 35.5. The number of aromatic nitrogens is 2. The zero-order valence-electron chi connectivity index (χ0n) is 6.95. The fraction of sp³-hybridized carbons (Fsp3) is 0.250. The van der Waals surface area contributed by atoms with Gasteiger partial charge in [0.2, 0.25) is 0 Å². The van der Waals surface area contributed by atoms with E-state index >= 15 is 0 Å². The van der Waals surface area contributed by atoms with E-state index in [0.717, 1.165) is 4.57 Å². The number of rotatable bonds is 1. The normalized spacial score (nSPS) is 10.9. The zero-order valence-corrected chi connectivity index (χ0v) is 7.71. The molecule has 0 bridgehead atoms. The van der Waals surface area contributed by atoms with Gasteiger partial charge in [-0.1, -0.05) is 0 Å². The Morgan fingerprint density at radius 1 is 1.62 bits per heavy atom. The Kier molecular flexibility index (Phi) is 1.84. The molecular formula is C8H7ClN2O2. The summed E-state index contributed by atoms with van der Waals surface area (Å²) in [5.41, 5.74) is 0.821. The number of hydrogen-bond acceptors (Lipinski definition) is 3. The summed E-state index contributed by atoms with van der Waals surface area (Å²) in [7, 11) is 0. The van der Waals surface area contributed by atoms with Gasteiger partial charge in [0, 0.05) is 12.1 Å². The van der Waals surface area contributed by atoms with E-state index in [1.54, 1.807) is 13.0 Å². The van der Waals surface area contributed by atoms with Crippen LogP contribution in [0, 0.1) is 6.92 Å². The van der Waals surface area contributed by atoms with Gasteiger partial charge in [-0.2, -0.15) is 0 Å². The lowest BCUT2D eigenvalue weighted by Gasteiger charge is -1.93. The number of nitrogens with zero attached hydrogens (tertiary/aromatic N) is 2. The third-order valence-electron chi connectivity index (χ3n) is 1.66. The van der Waals surface area contributed by atoms with Crippen molar-refractivity contribution in [3.05, 3.63) is 33.9 Å². The first-order valence-corrected chi connectivity index (χ1v) is 4.30.